The number of hydrogen-bond acceptors (Lipinski definition) is 1. The Hall–Kier alpha value is -0.530. The summed E-state index contributed by atoms with van der Waals surface area (Å²) in [6.07, 6.45) is 6.51. The molecular weight excluding hydrogens is 160 g/mol. The molecule has 0 radical (unpaired) electrons. The van der Waals surface area contributed by atoms with Crippen molar-refractivity contribution in [2.24, 2.45) is 16.6 Å². The van der Waals surface area contributed by atoms with E-state index in [1.807, 2.05) is 0 Å². The van der Waals surface area contributed by atoms with Crippen molar-refractivity contribution in [3.63, 3.8) is 0 Å². The molecule has 1 rings (SSSR count). The lowest BCUT2D eigenvalue weighted by atomic mass is 9.88. The molecule has 0 saturated heterocycles. The van der Waals surface area contributed by atoms with Gasteiger partial charge in [-0.05, 0) is 33.6 Å². The van der Waals surface area contributed by atoms with Crippen LogP contribution in [-0.4, -0.2) is 11.4 Å². The average molecular weight is 182 g/mol. The van der Waals surface area contributed by atoms with E-state index in [4.69, 9.17) is 5.73 Å². The predicted octanol–water partition coefficient (Wildman–Crippen LogP) is 2.72. The fraction of sp³-hybridized carbons (Fsp3) is 0.909. The van der Waals surface area contributed by atoms with Gasteiger partial charge < -0.3 is 5.73 Å². The van der Waals surface area contributed by atoms with Gasteiger partial charge in [-0.2, -0.15) is 0 Å². The lowest BCUT2D eigenvalue weighted by Gasteiger charge is -2.23. The van der Waals surface area contributed by atoms with E-state index in [0.29, 0.717) is 5.92 Å². The van der Waals surface area contributed by atoms with Crippen molar-refractivity contribution in [1.82, 2.24) is 0 Å². The Bertz CT molecular complexity index is 183. The largest absolute Gasteiger partial charge is 0.387 e. The highest BCUT2D eigenvalue weighted by Gasteiger charge is 2.18. The highest BCUT2D eigenvalue weighted by molar-refractivity contribution is 5.83. The predicted molar refractivity (Wildman–Crippen MR) is 58.0 cm³/mol. The van der Waals surface area contributed by atoms with E-state index in [1.165, 1.54) is 32.1 Å². The van der Waals surface area contributed by atoms with Crippen LogP contribution in [0.1, 0.15) is 52.9 Å². The smallest absolute Gasteiger partial charge is 0.0974 e. The summed E-state index contributed by atoms with van der Waals surface area (Å²) in [7, 11) is 0. The molecule has 0 aliphatic heterocycles. The standard InChI is InChI=1S/C11H22N2/c1-11(2,3)13-10(12)9-7-5-4-6-8-9/h9H,4-8H2,1-3H3,(H2,12,13). The minimum absolute atomic E-state index is 0.0124. The number of nitrogens with zero attached hydrogens (tertiary/aromatic N) is 1. The molecule has 1 fully saturated rings. The van der Waals surface area contributed by atoms with E-state index < -0.39 is 0 Å². The first-order chi connectivity index (χ1) is 5.99. The zero-order valence-electron chi connectivity index (χ0n) is 9.14. The van der Waals surface area contributed by atoms with Crippen LogP contribution in [0.25, 0.3) is 0 Å². The van der Waals surface area contributed by atoms with Gasteiger partial charge in [0.25, 0.3) is 0 Å². The Labute approximate surface area is 81.6 Å². The topological polar surface area (TPSA) is 38.4 Å². The zero-order valence-corrected chi connectivity index (χ0v) is 9.14. The van der Waals surface area contributed by atoms with Crippen molar-refractivity contribution in [1.29, 1.82) is 0 Å². The number of amidine groups is 1. The Morgan fingerprint density at radius 1 is 1.15 bits per heavy atom. The van der Waals surface area contributed by atoms with Crippen LogP contribution >= 0.6 is 0 Å². The van der Waals surface area contributed by atoms with E-state index in [-0.39, 0.29) is 5.54 Å². The van der Waals surface area contributed by atoms with Crippen molar-refractivity contribution in [3.05, 3.63) is 0 Å². The highest BCUT2D eigenvalue weighted by atomic mass is 14.9. The lowest BCUT2D eigenvalue weighted by Crippen LogP contribution is -2.29. The minimum Gasteiger partial charge on any atom is -0.387 e. The first-order valence-corrected chi connectivity index (χ1v) is 5.34. The molecule has 0 amide bonds. The molecule has 2 heteroatoms. The maximum atomic E-state index is 5.98. The molecule has 0 aromatic rings. The zero-order chi connectivity index (χ0) is 9.90. The average Bonchev–Trinajstić information content (AvgIpc) is 2.03. The summed E-state index contributed by atoms with van der Waals surface area (Å²) in [6, 6.07) is 0. The fourth-order valence-corrected chi connectivity index (χ4v) is 1.88. The second kappa shape index (κ2) is 4.12. The third kappa shape index (κ3) is 3.79. The molecule has 0 spiro atoms. The molecule has 0 aromatic heterocycles. The van der Waals surface area contributed by atoms with Gasteiger partial charge in [0, 0.05) is 5.92 Å². The van der Waals surface area contributed by atoms with Crippen LogP contribution < -0.4 is 5.73 Å². The van der Waals surface area contributed by atoms with Crippen LogP contribution in [0.5, 0.6) is 0 Å². The SMILES string of the molecule is CC(C)(C)N=C(N)C1CCCCC1. The number of hydrogen-bond donors (Lipinski definition) is 1. The van der Waals surface area contributed by atoms with Crippen LogP contribution in [-0.2, 0) is 0 Å². The van der Waals surface area contributed by atoms with Gasteiger partial charge in [0.1, 0.15) is 0 Å². The maximum Gasteiger partial charge on any atom is 0.0974 e. The van der Waals surface area contributed by atoms with E-state index in [2.05, 4.69) is 25.8 Å². The van der Waals surface area contributed by atoms with Gasteiger partial charge in [0.15, 0.2) is 0 Å². The normalized spacial score (nSPS) is 21.9. The van der Waals surface area contributed by atoms with Crippen molar-refractivity contribution in [2.75, 3.05) is 0 Å². The van der Waals surface area contributed by atoms with E-state index in [9.17, 15) is 0 Å². The lowest BCUT2D eigenvalue weighted by molar-refractivity contribution is 0.432. The van der Waals surface area contributed by atoms with Gasteiger partial charge >= 0.3 is 0 Å². The van der Waals surface area contributed by atoms with E-state index in [1.54, 1.807) is 0 Å². The Morgan fingerprint density at radius 3 is 2.15 bits per heavy atom. The summed E-state index contributed by atoms with van der Waals surface area (Å²) in [5.74, 6) is 1.44. The summed E-state index contributed by atoms with van der Waals surface area (Å²) in [6.45, 7) is 6.30. The molecule has 0 bridgehead atoms. The fourth-order valence-electron chi connectivity index (χ4n) is 1.88. The van der Waals surface area contributed by atoms with Crippen molar-refractivity contribution in [2.45, 2.75) is 58.4 Å². The number of nitrogens with two attached hydrogens (primary N) is 1. The summed E-state index contributed by atoms with van der Waals surface area (Å²) in [5, 5.41) is 0. The van der Waals surface area contributed by atoms with Crippen molar-refractivity contribution >= 4 is 5.84 Å². The minimum atomic E-state index is -0.0124. The Kier molecular flexibility index (Phi) is 3.34. The van der Waals surface area contributed by atoms with Gasteiger partial charge in [0.05, 0.1) is 11.4 Å². The summed E-state index contributed by atoms with van der Waals surface area (Å²) in [4.78, 5) is 4.53. The van der Waals surface area contributed by atoms with E-state index >= 15 is 0 Å². The molecular formula is C11H22N2. The maximum absolute atomic E-state index is 5.98. The van der Waals surface area contributed by atoms with Crippen LogP contribution in [0.3, 0.4) is 0 Å². The van der Waals surface area contributed by atoms with Gasteiger partial charge in [-0.3, -0.25) is 4.99 Å². The van der Waals surface area contributed by atoms with Gasteiger partial charge in [-0.25, -0.2) is 0 Å². The second-order valence-electron chi connectivity index (χ2n) is 5.04. The molecule has 2 N–H and O–H groups in total. The van der Waals surface area contributed by atoms with Gasteiger partial charge in [-0.15, -0.1) is 0 Å². The van der Waals surface area contributed by atoms with Crippen LogP contribution in [0.2, 0.25) is 0 Å². The Balaban J connectivity index is 2.54. The first kappa shape index (κ1) is 10.6. The molecule has 1 aliphatic carbocycles. The molecule has 0 aromatic carbocycles. The summed E-state index contributed by atoms with van der Waals surface area (Å²) in [5.41, 5.74) is 5.97. The molecule has 2 nitrogen and oxygen atoms in total. The van der Waals surface area contributed by atoms with Gasteiger partial charge in [0.2, 0.25) is 0 Å². The monoisotopic (exact) mass is 182 g/mol. The first-order valence-electron chi connectivity index (χ1n) is 5.34. The van der Waals surface area contributed by atoms with Crippen LogP contribution in [0, 0.1) is 5.92 Å². The number of aliphatic imine (C=N–C) groups is 1. The molecule has 0 atom stereocenters. The Morgan fingerprint density at radius 2 is 1.69 bits per heavy atom. The molecule has 0 heterocycles. The van der Waals surface area contributed by atoms with Crippen LogP contribution in [0.15, 0.2) is 4.99 Å². The summed E-state index contributed by atoms with van der Waals surface area (Å²) < 4.78 is 0. The quantitative estimate of drug-likeness (QED) is 0.491. The van der Waals surface area contributed by atoms with E-state index in [0.717, 1.165) is 5.84 Å². The molecule has 0 unspecified atom stereocenters. The third-order valence-electron chi connectivity index (χ3n) is 2.49. The van der Waals surface area contributed by atoms with Crippen LogP contribution in [0.4, 0.5) is 0 Å². The number of rotatable bonds is 1. The van der Waals surface area contributed by atoms with Crippen molar-refractivity contribution < 1.29 is 0 Å². The molecule has 1 saturated carbocycles. The summed E-state index contributed by atoms with van der Waals surface area (Å²) >= 11 is 0. The highest BCUT2D eigenvalue weighted by Crippen LogP contribution is 2.24. The second-order valence-corrected chi connectivity index (χ2v) is 5.04. The molecule has 1 aliphatic rings. The van der Waals surface area contributed by atoms with Gasteiger partial charge in [-0.1, -0.05) is 19.3 Å². The third-order valence-corrected chi connectivity index (χ3v) is 2.49. The molecule has 76 valence electrons. The van der Waals surface area contributed by atoms with Crippen molar-refractivity contribution in [3.8, 4) is 0 Å². The molecule has 13 heavy (non-hydrogen) atoms.